The Bertz CT molecular complexity index is 787. The molecule has 0 bridgehead atoms. The van der Waals surface area contributed by atoms with Gasteiger partial charge in [-0.2, -0.15) is 0 Å². The number of carbonyl (C=O) groups excluding carboxylic acids is 1. The predicted octanol–water partition coefficient (Wildman–Crippen LogP) is 1.48. The maximum atomic E-state index is 13.4. The van der Waals surface area contributed by atoms with Crippen LogP contribution in [0, 0.1) is 12.7 Å². The van der Waals surface area contributed by atoms with Crippen LogP contribution in [0.15, 0.2) is 18.2 Å². The molecule has 0 unspecified atom stereocenters. The molecular weight excluding hydrogens is 313 g/mol. The molecule has 0 aliphatic carbocycles. The molecule has 0 spiro atoms. The Morgan fingerprint density at radius 3 is 2.79 bits per heavy atom. The van der Waals surface area contributed by atoms with Gasteiger partial charge < -0.3 is 15.4 Å². The number of carboxylic acids is 1. The smallest absolute Gasteiger partial charge is 0.320 e. The molecule has 4 N–H and O–H groups in total. The highest BCUT2D eigenvalue weighted by molar-refractivity contribution is 5.86. The van der Waals surface area contributed by atoms with E-state index in [-0.39, 0.29) is 11.7 Å². The predicted molar refractivity (Wildman–Crippen MR) is 87.3 cm³/mol. The number of hydrogen-bond donors (Lipinski definition) is 4. The molecule has 1 aromatic heterocycles. The second kappa shape index (κ2) is 6.60. The Labute approximate surface area is 138 Å². The zero-order valence-corrected chi connectivity index (χ0v) is 13.4. The van der Waals surface area contributed by atoms with E-state index in [1.54, 1.807) is 6.07 Å². The zero-order chi connectivity index (χ0) is 17.3. The van der Waals surface area contributed by atoms with E-state index in [9.17, 15) is 14.0 Å². The molecule has 1 aromatic carbocycles. The summed E-state index contributed by atoms with van der Waals surface area (Å²) in [6.07, 6.45) is 1.55. The average molecular weight is 333 g/mol. The summed E-state index contributed by atoms with van der Waals surface area (Å²) >= 11 is 0. The second-order valence-corrected chi connectivity index (χ2v) is 6.15. The van der Waals surface area contributed by atoms with E-state index in [1.165, 1.54) is 12.1 Å². The van der Waals surface area contributed by atoms with Gasteiger partial charge in [-0.05, 0) is 49.9 Å². The molecule has 128 valence electrons. The van der Waals surface area contributed by atoms with Crippen molar-refractivity contribution in [2.45, 2.75) is 38.3 Å². The maximum absolute atomic E-state index is 13.4. The lowest BCUT2D eigenvalue weighted by atomic mass is 10.1. The summed E-state index contributed by atoms with van der Waals surface area (Å²) in [4.78, 5) is 26.2. The number of H-pyrrole nitrogens is 1. The van der Waals surface area contributed by atoms with Gasteiger partial charge in [-0.25, -0.2) is 4.39 Å². The van der Waals surface area contributed by atoms with Crippen LogP contribution in [0.5, 0.6) is 0 Å². The summed E-state index contributed by atoms with van der Waals surface area (Å²) in [7, 11) is 0. The Kier molecular flexibility index (Phi) is 4.53. The number of aromatic amines is 1. The fraction of sp³-hybridized carbons (Fsp3) is 0.412. The van der Waals surface area contributed by atoms with Crippen molar-refractivity contribution >= 4 is 22.8 Å². The summed E-state index contributed by atoms with van der Waals surface area (Å²) in [5.74, 6) is -1.41. The topological polar surface area (TPSA) is 94.2 Å². The largest absolute Gasteiger partial charge is 0.480 e. The van der Waals surface area contributed by atoms with E-state index in [2.05, 4.69) is 15.6 Å². The van der Waals surface area contributed by atoms with Crippen molar-refractivity contribution in [3.63, 3.8) is 0 Å². The Morgan fingerprint density at radius 1 is 1.33 bits per heavy atom. The summed E-state index contributed by atoms with van der Waals surface area (Å²) in [5.41, 5.74) is 2.80. The first-order valence-electron chi connectivity index (χ1n) is 7.99. The summed E-state index contributed by atoms with van der Waals surface area (Å²) in [5, 5.41) is 15.4. The molecule has 1 saturated heterocycles. The summed E-state index contributed by atoms with van der Waals surface area (Å²) < 4.78 is 13.4. The van der Waals surface area contributed by atoms with Crippen molar-refractivity contribution in [3.05, 3.63) is 35.3 Å². The lowest BCUT2D eigenvalue weighted by Crippen LogP contribution is -2.45. The lowest BCUT2D eigenvalue weighted by Gasteiger charge is -2.12. The first-order chi connectivity index (χ1) is 11.5. The van der Waals surface area contributed by atoms with Crippen LogP contribution in [0.3, 0.4) is 0 Å². The third-order valence-electron chi connectivity index (χ3n) is 4.52. The fourth-order valence-electron chi connectivity index (χ4n) is 3.26. The van der Waals surface area contributed by atoms with Gasteiger partial charge in [0, 0.05) is 23.1 Å². The molecule has 1 fully saturated rings. The number of nitrogens with one attached hydrogen (secondary N) is 3. The molecule has 6 nitrogen and oxygen atoms in total. The van der Waals surface area contributed by atoms with E-state index in [4.69, 9.17) is 5.11 Å². The van der Waals surface area contributed by atoms with E-state index in [1.807, 2.05) is 6.92 Å². The van der Waals surface area contributed by atoms with Gasteiger partial charge in [-0.1, -0.05) is 0 Å². The third kappa shape index (κ3) is 3.26. The van der Waals surface area contributed by atoms with Gasteiger partial charge >= 0.3 is 5.97 Å². The number of aromatic nitrogens is 1. The van der Waals surface area contributed by atoms with Crippen LogP contribution < -0.4 is 10.6 Å². The molecule has 1 aliphatic rings. The number of rotatable bonds is 5. The van der Waals surface area contributed by atoms with E-state index < -0.39 is 18.1 Å². The van der Waals surface area contributed by atoms with E-state index in [0.29, 0.717) is 25.8 Å². The van der Waals surface area contributed by atoms with Crippen LogP contribution in [-0.4, -0.2) is 40.6 Å². The van der Waals surface area contributed by atoms with Crippen LogP contribution >= 0.6 is 0 Å². The molecular formula is C17H20FN3O3. The molecule has 3 rings (SSSR count). The lowest BCUT2D eigenvalue weighted by molar-refractivity contribution is -0.139. The van der Waals surface area contributed by atoms with Crippen molar-refractivity contribution in [1.82, 2.24) is 15.6 Å². The molecule has 24 heavy (non-hydrogen) atoms. The van der Waals surface area contributed by atoms with Gasteiger partial charge in [0.05, 0.1) is 6.04 Å². The van der Waals surface area contributed by atoms with Gasteiger partial charge in [-0.3, -0.25) is 14.9 Å². The first kappa shape index (κ1) is 16.4. The minimum Gasteiger partial charge on any atom is -0.480 e. The van der Waals surface area contributed by atoms with Crippen molar-refractivity contribution < 1.29 is 19.1 Å². The number of fused-ring (bicyclic) bond motifs is 1. The Balaban J connectivity index is 1.59. The third-order valence-corrected chi connectivity index (χ3v) is 4.52. The number of halogens is 1. The molecule has 2 aromatic rings. The number of aliphatic carboxylic acids is 1. The zero-order valence-electron chi connectivity index (χ0n) is 13.4. The highest BCUT2D eigenvalue weighted by Gasteiger charge is 2.32. The number of carbonyl (C=O) groups is 2. The first-order valence-corrected chi connectivity index (χ1v) is 7.99. The van der Waals surface area contributed by atoms with Gasteiger partial charge in [0.15, 0.2) is 0 Å². The molecule has 7 heteroatoms. The number of benzene rings is 1. The molecule has 0 radical (unpaired) electrons. The van der Waals surface area contributed by atoms with Crippen molar-refractivity contribution in [3.8, 4) is 0 Å². The summed E-state index contributed by atoms with van der Waals surface area (Å²) in [6, 6.07) is 3.49. The minimum atomic E-state index is -0.929. The quantitative estimate of drug-likeness (QED) is 0.667. The summed E-state index contributed by atoms with van der Waals surface area (Å²) in [6.45, 7) is 2.34. The number of amides is 1. The maximum Gasteiger partial charge on any atom is 0.320 e. The Hall–Kier alpha value is -2.41. The highest BCUT2D eigenvalue weighted by Crippen LogP contribution is 2.23. The molecule has 1 amide bonds. The van der Waals surface area contributed by atoms with Gasteiger partial charge in [0.1, 0.15) is 11.9 Å². The molecule has 1 aliphatic heterocycles. The van der Waals surface area contributed by atoms with Gasteiger partial charge in [0.2, 0.25) is 5.91 Å². The van der Waals surface area contributed by atoms with Gasteiger partial charge in [0.25, 0.3) is 0 Å². The van der Waals surface area contributed by atoms with Crippen LogP contribution in [0.4, 0.5) is 4.39 Å². The van der Waals surface area contributed by atoms with E-state index in [0.717, 1.165) is 22.2 Å². The second-order valence-electron chi connectivity index (χ2n) is 6.15. The van der Waals surface area contributed by atoms with Crippen molar-refractivity contribution in [2.75, 3.05) is 6.54 Å². The van der Waals surface area contributed by atoms with Gasteiger partial charge in [-0.15, -0.1) is 0 Å². The van der Waals surface area contributed by atoms with Crippen LogP contribution in [0.1, 0.15) is 24.1 Å². The highest BCUT2D eigenvalue weighted by atomic mass is 19.1. The molecule has 0 saturated carbocycles. The average Bonchev–Trinajstić information content (AvgIpc) is 3.13. The van der Waals surface area contributed by atoms with Crippen LogP contribution in [0.25, 0.3) is 10.9 Å². The van der Waals surface area contributed by atoms with E-state index >= 15 is 0 Å². The SMILES string of the molecule is Cc1[nH]c2ccc(F)cc2c1CCNC(=O)[C@H]1CC[C@@H](C(=O)O)N1. The van der Waals surface area contributed by atoms with Crippen LogP contribution in [0.2, 0.25) is 0 Å². The normalized spacial score (nSPS) is 20.4. The fourth-order valence-corrected chi connectivity index (χ4v) is 3.26. The van der Waals surface area contributed by atoms with Crippen molar-refractivity contribution in [2.24, 2.45) is 0 Å². The number of aryl methyl sites for hydroxylation is 1. The standard InChI is InChI=1S/C17H20FN3O3/c1-9-11(12-8-10(18)2-3-13(12)20-9)6-7-19-16(22)14-4-5-15(21-14)17(23)24/h2-3,8,14-15,20-21H,4-7H2,1H3,(H,19,22)(H,23,24)/t14-,15+/m1/s1. The molecule has 2 heterocycles. The van der Waals surface area contributed by atoms with Crippen LogP contribution in [-0.2, 0) is 16.0 Å². The number of hydrogen-bond acceptors (Lipinski definition) is 3. The Morgan fingerprint density at radius 2 is 2.08 bits per heavy atom. The number of carboxylic acid groups (broad SMARTS) is 1. The van der Waals surface area contributed by atoms with Crippen molar-refractivity contribution in [1.29, 1.82) is 0 Å². The minimum absolute atomic E-state index is 0.192. The monoisotopic (exact) mass is 333 g/mol. The molecule has 2 atom stereocenters.